The minimum absolute atomic E-state index is 0.172. The maximum Gasteiger partial charge on any atom is 0.573 e. The largest absolute Gasteiger partial charge is 0.573 e. The Morgan fingerprint density at radius 3 is 2.20 bits per heavy atom. The Balaban J connectivity index is 1.53. The van der Waals surface area contributed by atoms with Gasteiger partial charge in [-0.15, -0.1) is 13.2 Å². The van der Waals surface area contributed by atoms with Crippen LogP contribution >= 0.6 is 0 Å². The number of nitrogens with zero attached hydrogens (tertiary/aromatic N) is 2. The molecule has 12 heteroatoms. The summed E-state index contributed by atoms with van der Waals surface area (Å²) in [6, 6.07) is 13.7. The van der Waals surface area contributed by atoms with E-state index >= 15 is 0 Å². The molecule has 4 rings (SSSR count). The number of esters is 1. The Morgan fingerprint density at radius 2 is 1.62 bits per heavy atom. The maximum atomic E-state index is 12.7. The molecule has 1 aromatic heterocycles. The van der Waals surface area contributed by atoms with Crippen molar-refractivity contribution >= 4 is 11.7 Å². The molecule has 0 bridgehead atoms. The topological polar surface area (TPSA) is 102 Å². The van der Waals surface area contributed by atoms with E-state index in [9.17, 15) is 27.9 Å². The zero-order chi connectivity index (χ0) is 28.9. The van der Waals surface area contributed by atoms with Gasteiger partial charge in [-0.1, -0.05) is 12.1 Å². The fraction of sp³-hybridized carbons (Fsp3) is 0.357. The minimum Gasteiger partial charge on any atom is -0.502 e. The molecule has 2 heterocycles. The van der Waals surface area contributed by atoms with Crippen LogP contribution in [0.3, 0.4) is 0 Å². The number of methoxy groups -OCH3 is 2. The van der Waals surface area contributed by atoms with Gasteiger partial charge in [0.2, 0.25) is 11.2 Å². The molecule has 9 nitrogen and oxygen atoms in total. The van der Waals surface area contributed by atoms with Crippen LogP contribution in [0.1, 0.15) is 29.4 Å². The summed E-state index contributed by atoms with van der Waals surface area (Å²) < 4.78 is 57.6. The summed E-state index contributed by atoms with van der Waals surface area (Å²) in [5.74, 6) is -1.91. The third kappa shape index (κ3) is 7.26. The summed E-state index contributed by atoms with van der Waals surface area (Å²) in [7, 11) is 2.79. The second kappa shape index (κ2) is 12.3. The number of carbonyl (C=O) groups excluding carboxylic acids is 1. The SMILES string of the molecule is COC(=O)C[C@@H](c1ccc(OC(F)(F)F)cc1)c1oc(CN2CCN(c3ccc(OC)cc3)CC2)cc(=O)c1O. The third-order valence-electron chi connectivity index (χ3n) is 6.62. The van der Waals surface area contributed by atoms with Gasteiger partial charge in [-0.25, -0.2) is 0 Å². The first-order valence-corrected chi connectivity index (χ1v) is 12.5. The van der Waals surface area contributed by atoms with E-state index in [1.807, 2.05) is 24.3 Å². The molecule has 0 spiro atoms. The second-order valence-electron chi connectivity index (χ2n) is 9.20. The lowest BCUT2D eigenvalue weighted by Gasteiger charge is -2.36. The van der Waals surface area contributed by atoms with E-state index < -0.39 is 35.2 Å². The first kappa shape index (κ1) is 28.8. The highest BCUT2D eigenvalue weighted by atomic mass is 19.4. The van der Waals surface area contributed by atoms with E-state index in [0.29, 0.717) is 18.7 Å². The summed E-state index contributed by atoms with van der Waals surface area (Å²) in [5, 5.41) is 10.6. The van der Waals surface area contributed by atoms with Crippen LogP contribution in [-0.2, 0) is 16.1 Å². The van der Waals surface area contributed by atoms with Crippen LogP contribution in [0.2, 0.25) is 0 Å². The number of benzene rings is 2. The second-order valence-corrected chi connectivity index (χ2v) is 9.20. The van der Waals surface area contributed by atoms with Crippen molar-refractivity contribution in [1.82, 2.24) is 4.90 Å². The quantitative estimate of drug-likeness (QED) is 0.383. The number of ether oxygens (including phenoxy) is 3. The van der Waals surface area contributed by atoms with Gasteiger partial charge in [0.05, 0.1) is 33.1 Å². The number of hydrogen-bond acceptors (Lipinski definition) is 9. The van der Waals surface area contributed by atoms with Crippen molar-refractivity contribution in [2.24, 2.45) is 0 Å². The number of piperazine rings is 1. The Labute approximate surface area is 228 Å². The smallest absolute Gasteiger partial charge is 0.502 e. The highest BCUT2D eigenvalue weighted by Gasteiger charge is 2.32. The van der Waals surface area contributed by atoms with Crippen LogP contribution in [0.5, 0.6) is 17.2 Å². The van der Waals surface area contributed by atoms with Crippen LogP contribution in [-0.4, -0.2) is 62.7 Å². The van der Waals surface area contributed by atoms with Gasteiger partial charge >= 0.3 is 12.3 Å². The van der Waals surface area contributed by atoms with Crippen molar-refractivity contribution in [1.29, 1.82) is 0 Å². The summed E-state index contributed by atoms with van der Waals surface area (Å²) in [4.78, 5) is 29.2. The van der Waals surface area contributed by atoms with Crippen LogP contribution in [0.15, 0.2) is 63.8 Å². The lowest BCUT2D eigenvalue weighted by Crippen LogP contribution is -2.46. The van der Waals surface area contributed by atoms with Gasteiger partial charge in [-0.3, -0.25) is 14.5 Å². The van der Waals surface area contributed by atoms with Crippen molar-refractivity contribution in [3.05, 3.63) is 81.9 Å². The number of anilines is 1. The van der Waals surface area contributed by atoms with E-state index in [0.717, 1.165) is 36.7 Å². The van der Waals surface area contributed by atoms with Crippen LogP contribution in [0.25, 0.3) is 0 Å². The summed E-state index contributed by atoms with van der Waals surface area (Å²) >= 11 is 0. The van der Waals surface area contributed by atoms with E-state index in [4.69, 9.17) is 13.9 Å². The van der Waals surface area contributed by atoms with Gasteiger partial charge in [0.25, 0.3) is 0 Å². The first-order chi connectivity index (χ1) is 19.1. The standard InChI is InChI=1S/C28H29F3N2O7/c1-37-20-9-5-19(6-10-20)33-13-11-32(12-14-33)17-22-15-24(34)26(36)27(39-22)23(16-25(35)38-2)18-3-7-21(8-4-18)40-28(29,30)31/h3-10,15,23,36H,11-14,16-17H2,1-2H3/t23-/m0/s1. The van der Waals surface area contributed by atoms with Gasteiger partial charge in [-0.2, -0.15) is 0 Å². The number of carbonyl (C=O) groups is 1. The Morgan fingerprint density at radius 1 is 1.00 bits per heavy atom. The number of aromatic hydroxyl groups is 1. The van der Waals surface area contributed by atoms with Crippen molar-refractivity contribution in [3.8, 4) is 17.2 Å². The molecule has 2 aromatic carbocycles. The van der Waals surface area contributed by atoms with Crippen molar-refractivity contribution < 1.29 is 41.7 Å². The zero-order valence-electron chi connectivity index (χ0n) is 21.9. The number of alkyl halides is 3. The van der Waals surface area contributed by atoms with E-state index in [1.54, 1.807) is 7.11 Å². The molecule has 1 aliphatic rings. The Bertz CT molecular complexity index is 1350. The van der Waals surface area contributed by atoms with E-state index in [1.165, 1.54) is 25.3 Å². The molecule has 3 aromatic rings. The van der Waals surface area contributed by atoms with Crippen LogP contribution < -0.4 is 19.8 Å². The van der Waals surface area contributed by atoms with Gasteiger partial charge in [0, 0.05) is 37.9 Å². The monoisotopic (exact) mass is 562 g/mol. The summed E-state index contributed by atoms with van der Waals surface area (Å²) in [6.07, 6.45) is -5.19. The zero-order valence-corrected chi connectivity index (χ0v) is 21.9. The molecule has 1 saturated heterocycles. The first-order valence-electron chi connectivity index (χ1n) is 12.5. The molecule has 1 atom stereocenters. The molecule has 214 valence electrons. The van der Waals surface area contributed by atoms with Crippen molar-refractivity contribution in [3.63, 3.8) is 0 Å². The lowest BCUT2D eigenvalue weighted by molar-refractivity contribution is -0.274. The van der Waals surface area contributed by atoms with Crippen molar-refractivity contribution in [2.75, 3.05) is 45.3 Å². The molecule has 0 radical (unpaired) electrons. The van der Waals surface area contributed by atoms with Crippen LogP contribution in [0, 0.1) is 0 Å². The summed E-state index contributed by atoms with van der Waals surface area (Å²) in [6.45, 7) is 3.11. The molecule has 40 heavy (non-hydrogen) atoms. The number of hydrogen-bond donors (Lipinski definition) is 1. The molecule has 0 saturated carbocycles. The molecular weight excluding hydrogens is 533 g/mol. The fourth-order valence-electron chi connectivity index (χ4n) is 4.56. The average Bonchev–Trinajstić information content (AvgIpc) is 2.94. The van der Waals surface area contributed by atoms with Crippen LogP contribution in [0.4, 0.5) is 18.9 Å². The predicted octanol–water partition coefficient (Wildman–Crippen LogP) is 4.27. The van der Waals surface area contributed by atoms with E-state index in [2.05, 4.69) is 14.5 Å². The molecule has 0 unspecified atom stereocenters. The number of halogens is 3. The molecular formula is C28H29F3N2O7. The Hall–Kier alpha value is -4.19. The van der Waals surface area contributed by atoms with Gasteiger partial charge in [0.15, 0.2) is 5.76 Å². The van der Waals surface area contributed by atoms with Crippen molar-refractivity contribution in [2.45, 2.75) is 25.2 Å². The number of rotatable bonds is 9. The molecule has 1 aliphatic heterocycles. The van der Waals surface area contributed by atoms with Gasteiger partial charge < -0.3 is 28.6 Å². The highest BCUT2D eigenvalue weighted by Crippen LogP contribution is 2.35. The normalized spacial score (nSPS) is 15.0. The molecule has 0 amide bonds. The average molecular weight is 563 g/mol. The molecule has 1 fully saturated rings. The predicted molar refractivity (Wildman–Crippen MR) is 139 cm³/mol. The summed E-state index contributed by atoms with van der Waals surface area (Å²) in [5.41, 5.74) is 0.694. The third-order valence-corrected chi connectivity index (χ3v) is 6.62. The van der Waals surface area contributed by atoms with Gasteiger partial charge in [-0.05, 0) is 42.0 Å². The Kier molecular flexibility index (Phi) is 8.88. The molecule has 1 N–H and O–H groups in total. The molecule has 0 aliphatic carbocycles. The van der Waals surface area contributed by atoms with Gasteiger partial charge in [0.1, 0.15) is 17.3 Å². The maximum absolute atomic E-state index is 12.7. The lowest BCUT2D eigenvalue weighted by atomic mass is 9.92. The highest BCUT2D eigenvalue weighted by molar-refractivity contribution is 5.71. The minimum atomic E-state index is -4.87. The van der Waals surface area contributed by atoms with E-state index in [-0.39, 0.29) is 24.5 Å². The fourth-order valence-corrected chi connectivity index (χ4v) is 4.56.